The Morgan fingerprint density at radius 2 is 1.47 bits per heavy atom. The molecular formula is C48H65N5O11P2S2. The minimum Gasteiger partial charge on any atom is -0.508 e. The van der Waals surface area contributed by atoms with Crippen LogP contribution in [-0.2, 0) is 57.4 Å². The van der Waals surface area contributed by atoms with Crippen LogP contribution in [0.4, 0.5) is 0 Å². The van der Waals surface area contributed by atoms with E-state index in [1.54, 1.807) is 12.1 Å². The minimum absolute atomic E-state index is 0.0307. The number of benzene rings is 3. The van der Waals surface area contributed by atoms with Gasteiger partial charge in [-0.3, -0.25) is 38.2 Å². The molecule has 16 nitrogen and oxygen atoms in total. The maximum absolute atomic E-state index is 14.4. The van der Waals surface area contributed by atoms with E-state index in [9.17, 15) is 48.4 Å². The third-order valence-electron chi connectivity index (χ3n) is 11.6. The largest absolute Gasteiger partial charge is 0.508 e. The Morgan fingerprint density at radius 3 is 2.03 bits per heavy atom. The van der Waals surface area contributed by atoms with E-state index in [-0.39, 0.29) is 54.6 Å². The van der Waals surface area contributed by atoms with Crippen LogP contribution in [0, 0.1) is 11.8 Å². The Bertz CT molecular complexity index is 2220. The fraction of sp³-hybridized carbons (Fsp3) is 0.500. The van der Waals surface area contributed by atoms with E-state index in [0.29, 0.717) is 48.9 Å². The number of carbonyl (C=O) groups excluding carboxylic acids is 5. The average molecular weight is 1010 g/mol. The van der Waals surface area contributed by atoms with Gasteiger partial charge in [-0.05, 0) is 131 Å². The second-order valence-corrected chi connectivity index (χ2v) is 24.8. The molecule has 1 aliphatic carbocycles. The summed E-state index contributed by atoms with van der Waals surface area (Å²) in [6.45, 7) is 2.87. The Balaban J connectivity index is 1.24. The molecule has 2 aliphatic rings. The quantitative estimate of drug-likeness (QED) is 0.0440. The molecule has 4 amide bonds. The van der Waals surface area contributed by atoms with Crippen LogP contribution in [0.2, 0.25) is 0 Å². The summed E-state index contributed by atoms with van der Waals surface area (Å²) in [6, 6.07) is 20.4. The normalized spacial score (nSPS) is 19.2. The lowest BCUT2D eigenvalue weighted by Gasteiger charge is -2.31. The van der Waals surface area contributed by atoms with Crippen molar-refractivity contribution in [1.82, 2.24) is 25.3 Å². The SMILES string of the molecule is CN(C)Cc1cccc(P(CSC(=O)[C@H](Cc2ccc(O)cc2)NC(=O)[C@H](CC(=O)O)NC(=O)C2CCC(CN3C(=O)CC(SCCCOP(C)(=O)O)C3=O)CC2)c2cccc(CN(C)C)c2)c1. The smallest absolute Gasteiger partial charge is 0.325 e. The number of hydrogen-bond donors (Lipinski definition) is 5. The van der Waals surface area contributed by atoms with Gasteiger partial charge in [0.2, 0.25) is 28.7 Å². The van der Waals surface area contributed by atoms with Crippen molar-refractivity contribution in [2.75, 3.05) is 59.3 Å². The molecule has 0 spiro atoms. The molecular weight excluding hydrogens is 949 g/mol. The van der Waals surface area contributed by atoms with Gasteiger partial charge in [-0.25, -0.2) is 0 Å². The van der Waals surface area contributed by atoms with E-state index < -0.39 is 63.0 Å². The number of carboxylic acids is 1. The number of thioether (sulfide) groups is 2. The zero-order chi connectivity index (χ0) is 49.5. The van der Waals surface area contributed by atoms with Crippen molar-refractivity contribution in [2.45, 2.75) is 81.8 Å². The lowest BCUT2D eigenvalue weighted by Crippen LogP contribution is -2.53. The van der Waals surface area contributed by atoms with Gasteiger partial charge in [0.1, 0.15) is 17.8 Å². The highest BCUT2D eigenvalue weighted by Gasteiger charge is 2.41. The van der Waals surface area contributed by atoms with Gasteiger partial charge in [0, 0.05) is 50.6 Å². The third kappa shape index (κ3) is 17.7. The second kappa shape index (κ2) is 26.2. The van der Waals surface area contributed by atoms with Crippen molar-refractivity contribution in [3.8, 4) is 5.75 Å². The van der Waals surface area contributed by atoms with Crippen molar-refractivity contribution in [2.24, 2.45) is 11.8 Å². The Kier molecular flexibility index (Phi) is 21.1. The molecule has 5 rings (SSSR count). The summed E-state index contributed by atoms with van der Waals surface area (Å²) in [5, 5.41) is 26.6. The first kappa shape index (κ1) is 54.8. The van der Waals surface area contributed by atoms with E-state index in [1.165, 1.54) is 28.8 Å². The monoisotopic (exact) mass is 1010 g/mol. The number of aromatic hydroxyl groups is 1. The maximum atomic E-state index is 14.4. The maximum Gasteiger partial charge on any atom is 0.325 e. The standard InChI is InChI=1S/C48H65N5O11P2S2/c1-51(2)28-34-9-6-11-38(23-34)65(39-12-7-10-35(24-39)29-52(3)4)31-68-48(61)41(25-32-15-19-37(54)20-16-32)50-46(59)40(26-44(56)57)49-45(58)36-17-13-33(14-18-36)30-53-43(55)27-42(47(53)60)67-22-8-21-64-66(5,62)63/h6-7,9-12,15-16,19-20,23-24,33,36,40-42,54H,8,13-14,17-18,21-22,25-31H2,1-5H3,(H,49,58)(H,50,59)(H,56,57)(H,62,63)/t33?,36?,40-,41-,42?/m0/s1. The van der Waals surface area contributed by atoms with Gasteiger partial charge in [-0.2, -0.15) is 0 Å². The second-order valence-electron chi connectivity index (χ2n) is 18.0. The van der Waals surface area contributed by atoms with Gasteiger partial charge in [-0.1, -0.05) is 60.3 Å². The first-order chi connectivity index (χ1) is 32.2. The van der Waals surface area contributed by atoms with Crippen LogP contribution in [0.25, 0.3) is 0 Å². The molecule has 0 aromatic heterocycles. The zero-order valence-electron chi connectivity index (χ0n) is 39.4. The summed E-state index contributed by atoms with van der Waals surface area (Å²) >= 11 is 2.42. The number of carboxylic acid groups (broad SMARTS) is 1. The van der Waals surface area contributed by atoms with Crippen LogP contribution in [0.1, 0.15) is 61.6 Å². The average Bonchev–Trinajstić information content (AvgIpc) is 3.53. The van der Waals surface area contributed by atoms with Gasteiger partial charge in [0.25, 0.3) is 0 Å². The van der Waals surface area contributed by atoms with Crippen molar-refractivity contribution in [1.29, 1.82) is 0 Å². The lowest BCUT2D eigenvalue weighted by molar-refractivity contribution is -0.142. The van der Waals surface area contributed by atoms with Crippen molar-refractivity contribution in [3.05, 3.63) is 89.5 Å². The number of nitrogens with one attached hydrogen (secondary N) is 2. The molecule has 3 aromatic carbocycles. The van der Waals surface area contributed by atoms with E-state index in [2.05, 4.69) is 56.8 Å². The summed E-state index contributed by atoms with van der Waals surface area (Å²) in [4.78, 5) is 95.0. The van der Waals surface area contributed by atoms with E-state index >= 15 is 0 Å². The van der Waals surface area contributed by atoms with Crippen LogP contribution in [-0.4, -0.2) is 141 Å². The van der Waals surface area contributed by atoms with Crippen LogP contribution in [0.15, 0.2) is 72.8 Å². The number of hydrogen-bond acceptors (Lipinski definition) is 13. The van der Waals surface area contributed by atoms with E-state index in [0.717, 1.165) is 53.3 Å². The van der Waals surface area contributed by atoms with E-state index in [1.807, 2.05) is 40.3 Å². The Morgan fingerprint density at radius 1 is 0.868 bits per heavy atom. The summed E-state index contributed by atoms with van der Waals surface area (Å²) in [5.74, 6) is -3.23. The third-order valence-corrected chi connectivity index (χ3v) is 17.4. The number of rotatable bonds is 25. The summed E-state index contributed by atoms with van der Waals surface area (Å²) in [6.07, 6.45) is 1.70. The number of carbonyl (C=O) groups is 6. The van der Waals surface area contributed by atoms with E-state index in [4.69, 9.17) is 4.52 Å². The molecule has 2 fully saturated rings. The molecule has 0 bridgehead atoms. The van der Waals surface area contributed by atoms with Crippen LogP contribution >= 0.6 is 39.0 Å². The number of phenolic OH excluding ortho intramolecular Hbond substituents is 1. The molecule has 68 heavy (non-hydrogen) atoms. The molecule has 4 atom stereocenters. The number of aliphatic carboxylic acids is 1. The molecule has 1 aliphatic heterocycles. The number of imide groups is 1. The highest BCUT2D eigenvalue weighted by molar-refractivity contribution is 8.18. The first-order valence-corrected chi connectivity index (χ1v) is 28.3. The summed E-state index contributed by atoms with van der Waals surface area (Å²) in [7, 11) is 3.38. The fourth-order valence-electron chi connectivity index (χ4n) is 8.27. The van der Waals surface area contributed by atoms with Crippen LogP contribution < -0.4 is 21.2 Å². The van der Waals surface area contributed by atoms with Crippen molar-refractivity contribution < 1.29 is 53.0 Å². The highest BCUT2D eigenvalue weighted by Crippen LogP contribution is 2.40. The molecule has 1 saturated carbocycles. The van der Waals surface area contributed by atoms with Gasteiger partial charge >= 0.3 is 13.6 Å². The molecule has 3 aromatic rings. The number of nitrogens with zero attached hydrogens (tertiary/aromatic N) is 3. The summed E-state index contributed by atoms with van der Waals surface area (Å²) < 4.78 is 16.2. The van der Waals surface area contributed by atoms with Crippen molar-refractivity contribution >= 4 is 84.4 Å². The fourth-order valence-corrected chi connectivity index (χ4v) is 13.9. The van der Waals surface area contributed by atoms with Gasteiger partial charge in [0.05, 0.1) is 18.3 Å². The Labute approximate surface area is 409 Å². The van der Waals surface area contributed by atoms with Gasteiger partial charge in [-0.15, -0.1) is 11.8 Å². The first-order valence-electron chi connectivity index (χ1n) is 22.7. The molecule has 0 radical (unpaired) electrons. The van der Waals surface area contributed by atoms with Gasteiger partial charge < -0.3 is 40.1 Å². The zero-order valence-corrected chi connectivity index (χ0v) is 42.8. The van der Waals surface area contributed by atoms with Crippen LogP contribution in [0.5, 0.6) is 5.75 Å². The predicted octanol–water partition coefficient (Wildman–Crippen LogP) is 4.74. The molecule has 5 N–H and O–H groups in total. The summed E-state index contributed by atoms with van der Waals surface area (Å²) in [5.41, 5.74) is 3.32. The van der Waals surface area contributed by atoms with Gasteiger partial charge in [0.15, 0.2) is 0 Å². The van der Waals surface area contributed by atoms with Crippen LogP contribution in [0.3, 0.4) is 0 Å². The number of phenols is 1. The molecule has 370 valence electrons. The number of likely N-dealkylation sites (tertiary alicyclic amines) is 1. The highest BCUT2D eigenvalue weighted by atomic mass is 32.2. The predicted molar refractivity (Wildman–Crippen MR) is 269 cm³/mol. The molecule has 1 heterocycles. The molecule has 20 heteroatoms. The Hall–Kier alpha value is -4.12. The lowest BCUT2D eigenvalue weighted by atomic mass is 9.81. The van der Waals surface area contributed by atoms with Crippen molar-refractivity contribution in [3.63, 3.8) is 0 Å². The minimum atomic E-state index is -3.58. The topological polar surface area (TPSA) is 223 Å². The molecule has 1 saturated heterocycles. The molecule has 2 unspecified atom stereocenters. The number of amides is 4.